The van der Waals surface area contributed by atoms with E-state index in [-0.39, 0.29) is 36.0 Å². The van der Waals surface area contributed by atoms with Gasteiger partial charge in [0.2, 0.25) is 5.92 Å². The van der Waals surface area contributed by atoms with Crippen molar-refractivity contribution >= 4 is 5.78 Å². The van der Waals surface area contributed by atoms with E-state index in [0.29, 0.717) is 6.42 Å². The summed E-state index contributed by atoms with van der Waals surface area (Å²) in [7, 11) is 0. The summed E-state index contributed by atoms with van der Waals surface area (Å²) >= 11 is 0. The smallest absolute Gasteiger partial charge is 0.248 e. The minimum absolute atomic E-state index is 0.0500. The number of hydrogen-bond acceptors (Lipinski definition) is 2. The molecule has 0 spiro atoms. The number of hydrogen-bond donors (Lipinski definition) is 0. The van der Waals surface area contributed by atoms with Gasteiger partial charge in [-0.1, -0.05) is 19.9 Å². The van der Waals surface area contributed by atoms with Crippen molar-refractivity contribution in [1.29, 1.82) is 5.26 Å². The highest BCUT2D eigenvalue weighted by molar-refractivity contribution is 6.03. The lowest BCUT2D eigenvalue weighted by atomic mass is 9.59. The van der Waals surface area contributed by atoms with Gasteiger partial charge >= 0.3 is 0 Å². The summed E-state index contributed by atoms with van der Waals surface area (Å²) in [6.07, 6.45) is 1.43. The first kappa shape index (κ1) is 12.2. The van der Waals surface area contributed by atoms with E-state index < -0.39 is 11.3 Å². The zero-order valence-electron chi connectivity index (χ0n) is 9.96. The topological polar surface area (TPSA) is 40.9 Å². The number of rotatable bonds is 0. The maximum atomic E-state index is 13.4. The molecule has 2 nitrogen and oxygen atoms in total. The van der Waals surface area contributed by atoms with Gasteiger partial charge < -0.3 is 0 Å². The van der Waals surface area contributed by atoms with Crippen molar-refractivity contribution in [2.45, 2.75) is 39.0 Å². The lowest BCUT2D eigenvalue weighted by Gasteiger charge is -2.45. The Hall–Kier alpha value is -1.24. The predicted molar refractivity (Wildman–Crippen MR) is 58.3 cm³/mol. The van der Waals surface area contributed by atoms with Gasteiger partial charge in [-0.3, -0.25) is 4.79 Å². The van der Waals surface area contributed by atoms with E-state index >= 15 is 0 Å². The first-order chi connectivity index (χ1) is 7.78. The number of Topliss-reactive ketones (excluding diaryl/α,β-unsaturated/α-hetero) is 1. The second-order valence-electron chi connectivity index (χ2n) is 5.61. The van der Waals surface area contributed by atoms with Crippen LogP contribution in [0.15, 0.2) is 11.6 Å². The summed E-state index contributed by atoms with van der Waals surface area (Å²) < 4.78 is 26.7. The van der Waals surface area contributed by atoms with Crippen LogP contribution in [0.1, 0.15) is 33.1 Å². The van der Waals surface area contributed by atoms with Crippen LogP contribution >= 0.6 is 0 Å². The van der Waals surface area contributed by atoms with Crippen LogP contribution in [-0.2, 0) is 4.79 Å². The summed E-state index contributed by atoms with van der Waals surface area (Å²) in [6, 6.07) is 1.84. The molecule has 0 bridgehead atoms. The van der Waals surface area contributed by atoms with Crippen molar-refractivity contribution in [2.75, 3.05) is 0 Å². The summed E-state index contributed by atoms with van der Waals surface area (Å²) in [5.74, 6) is -3.27. The number of alkyl halides is 2. The molecule has 0 N–H and O–H groups in total. The van der Waals surface area contributed by atoms with Gasteiger partial charge in [0.05, 0.1) is 5.57 Å². The molecule has 0 heterocycles. The standard InChI is InChI=1S/C13H15F2NO/c1-12(2)10-3-4-13(14,15)6-8(10)5-9(7-16)11(12)17/h5,8,10H,3-4,6H2,1-2H3. The molecule has 0 amide bonds. The molecule has 0 radical (unpaired) electrons. The molecule has 2 atom stereocenters. The van der Waals surface area contributed by atoms with Crippen LogP contribution in [0.4, 0.5) is 8.78 Å². The monoisotopic (exact) mass is 239 g/mol. The number of allylic oxidation sites excluding steroid dienone is 2. The highest BCUT2D eigenvalue weighted by Crippen LogP contribution is 2.51. The Balaban J connectivity index is 2.40. The fraction of sp³-hybridized carbons (Fsp3) is 0.692. The summed E-state index contributed by atoms with van der Waals surface area (Å²) in [4.78, 5) is 12.0. The van der Waals surface area contributed by atoms with Crippen LogP contribution in [0.25, 0.3) is 0 Å². The average Bonchev–Trinajstić information content (AvgIpc) is 2.22. The lowest BCUT2D eigenvalue weighted by molar-refractivity contribution is -0.134. The molecular formula is C13H15F2NO. The molecule has 2 unspecified atom stereocenters. The average molecular weight is 239 g/mol. The van der Waals surface area contributed by atoms with E-state index in [1.165, 1.54) is 6.08 Å². The van der Waals surface area contributed by atoms with E-state index in [9.17, 15) is 13.6 Å². The second-order valence-corrected chi connectivity index (χ2v) is 5.61. The molecule has 0 aromatic rings. The molecule has 0 aromatic carbocycles. The van der Waals surface area contributed by atoms with Crippen LogP contribution < -0.4 is 0 Å². The SMILES string of the molecule is CC1(C)C(=O)C(C#N)=CC2CC(F)(F)CCC21. The molecule has 2 aliphatic rings. The molecular weight excluding hydrogens is 224 g/mol. The van der Waals surface area contributed by atoms with Crippen molar-refractivity contribution in [3.8, 4) is 6.07 Å². The first-order valence-corrected chi connectivity index (χ1v) is 5.82. The fourth-order valence-corrected chi connectivity index (χ4v) is 3.13. The van der Waals surface area contributed by atoms with Crippen molar-refractivity contribution in [1.82, 2.24) is 0 Å². The van der Waals surface area contributed by atoms with Gasteiger partial charge in [-0.05, 0) is 18.3 Å². The van der Waals surface area contributed by atoms with Crippen LogP contribution in [0.3, 0.4) is 0 Å². The minimum Gasteiger partial charge on any atom is -0.293 e. The third-order valence-electron chi connectivity index (χ3n) is 4.13. The molecule has 2 rings (SSSR count). The molecule has 92 valence electrons. The molecule has 4 heteroatoms. The predicted octanol–water partition coefficient (Wildman–Crippen LogP) is 3.10. The maximum Gasteiger partial charge on any atom is 0.248 e. The van der Waals surface area contributed by atoms with Crippen molar-refractivity contribution in [3.05, 3.63) is 11.6 Å². The Morgan fingerprint density at radius 3 is 2.71 bits per heavy atom. The van der Waals surface area contributed by atoms with Gasteiger partial charge in [0.1, 0.15) is 6.07 Å². The van der Waals surface area contributed by atoms with Gasteiger partial charge in [-0.25, -0.2) is 8.78 Å². The summed E-state index contributed by atoms with van der Waals surface area (Å²) in [6.45, 7) is 3.53. The van der Waals surface area contributed by atoms with Crippen LogP contribution in [-0.4, -0.2) is 11.7 Å². The summed E-state index contributed by atoms with van der Waals surface area (Å²) in [5.41, 5.74) is -0.644. The van der Waals surface area contributed by atoms with Crippen LogP contribution in [0.5, 0.6) is 0 Å². The third kappa shape index (κ3) is 1.88. The molecule has 0 saturated heterocycles. The highest BCUT2D eigenvalue weighted by Gasteiger charge is 2.51. The lowest BCUT2D eigenvalue weighted by Crippen LogP contribution is -2.46. The Kier molecular flexibility index (Phi) is 2.61. The zero-order valence-corrected chi connectivity index (χ0v) is 9.96. The van der Waals surface area contributed by atoms with E-state index in [2.05, 4.69) is 0 Å². The Morgan fingerprint density at radius 1 is 1.47 bits per heavy atom. The Bertz CT molecular complexity index is 431. The number of carbonyl (C=O) groups is 1. The number of halogens is 2. The molecule has 0 aliphatic heterocycles. The van der Waals surface area contributed by atoms with Gasteiger partial charge in [-0.15, -0.1) is 0 Å². The van der Waals surface area contributed by atoms with Crippen molar-refractivity contribution in [2.24, 2.45) is 17.3 Å². The Morgan fingerprint density at radius 2 is 2.12 bits per heavy atom. The largest absolute Gasteiger partial charge is 0.293 e. The number of nitriles is 1. The summed E-state index contributed by atoms with van der Waals surface area (Å²) in [5, 5.41) is 8.89. The first-order valence-electron chi connectivity index (χ1n) is 5.82. The van der Waals surface area contributed by atoms with Gasteiger partial charge in [0.25, 0.3) is 0 Å². The molecule has 17 heavy (non-hydrogen) atoms. The highest BCUT2D eigenvalue weighted by atomic mass is 19.3. The van der Waals surface area contributed by atoms with Crippen LogP contribution in [0.2, 0.25) is 0 Å². The molecule has 1 fully saturated rings. The Labute approximate surface area is 99.3 Å². The maximum absolute atomic E-state index is 13.4. The minimum atomic E-state index is -2.66. The zero-order chi connectivity index (χ0) is 12.8. The van der Waals surface area contributed by atoms with Crippen LogP contribution in [0, 0.1) is 28.6 Å². The number of carbonyl (C=O) groups excluding carboxylic acids is 1. The van der Waals surface area contributed by atoms with Crippen molar-refractivity contribution < 1.29 is 13.6 Å². The molecule has 0 aromatic heterocycles. The van der Waals surface area contributed by atoms with Gasteiger partial charge in [-0.2, -0.15) is 5.26 Å². The van der Waals surface area contributed by atoms with E-state index in [1.807, 2.05) is 6.07 Å². The van der Waals surface area contributed by atoms with Gasteiger partial charge in [0.15, 0.2) is 5.78 Å². The molecule has 2 aliphatic carbocycles. The van der Waals surface area contributed by atoms with E-state index in [0.717, 1.165) is 0 Å². The van der Waals surface area contributed by atoms with Gasteiger partial charge in [0, 0.05) is 18.3 Å². The van der Waals surface area contributed by atoms with E-state index in [1.54, 1.807) is 13.8 Å². The quantitative estimate of drug-likeness (QED) is 0.651. The fourth-order valence-electron chi connectivity index (χ4n) is 3.13. The number of fused-ring (bicyclic) bond motifs is 1. The normalized spacial score (nSPS) is 34.5. The molecule has 1 saturated carbocycles. The second kappa shape index (κ2) is 3.63. The van der Waals surface area contributed by atoms with Crippen molar-refractivity contribution in [3.63, 3.8) is 0 Å². The number of ketones is 1. The van der Waals surface area contributed by atoms with E-state index in [4.69, 9.17) is 5.26 Å². The number of nitrogens with zero attached hydrogens (tertiary/aromatic N) is 1. The third-order valence-corrected chi connectivity index (χ3v) is 4.13.